The molecule has 0 atom stereocenters. The van der Waals surface area contributed by atoms with Gasteiger partial charge in [0.1, 0.15) is 5.82 Å². The molecule has 0 spiro atoms. The molecule has 0 saturated heterocycles. The highest BCUT2D eigenvalue weighted by Crippen LogP contribution is 2.21. The highest BCUT2D eigenvalue weighted by atomic mass is 79.9. The number of hydrogen-bond acceptors (Lipinski definition) is 5. The molecule has 160 valence electrons. The first-order chi connectivity index (χ1) is 15.0. The van der Waals surface area contributed by atoms with Crippen LogP contribution in [0.15, 0.2) is 70.8 Å². The quantitative estimate of drug-likeness (QED) is 0.340. The van der Waals surface area contributed by atoms with Gasteiger partial charge in [0, 0.05) is 16.6 Å². The predicted molar refractivity (Wildman–Crippen MR) is 121 cm³/mol. The van der Waals surface area contributed by atoms with Gasteiger partial charge in [0.2, 0.25) is 5.91 Å². The zero-order valence-electron chi connectivity index (χ0n) is 16.3. The molecule has 2 amide bonds. The predicted octanol–water partition coefficient (Wildman–Crippen LogP) is 4.03. The van der Waals surface area contributed by atoms with Gasteiger partial charge in [-0.15, -0.1) is 16.8 Å². The minimum absolute atomic E-state index is 0.0150. The van der Waals surface area contributed by atoms with Crippen molar-refractivity contribution in [1.29, 1.82) is 0 Å². The van der Waals surface area contributed by atoms with Crippen LogP contribution in [0.2, 0.25) is 0 Å². The molecule has 3 aromatic rings. The minimum atomic E-state index is -0.529. The van der Waals surface area contributed by atoms with Crippen molar-refractivity contribution in [3.8, 4) is 0 Å². The molecular weight excluding hydrogens is 485 g/mol. The maximum Gasteiger partial charge on any atom is 0.251 e. The topological polar surface area (TPSA) is 88.9 Å². The van der Waals surface area contributed by atoms with Gasteiger partial charge < -0.3 is 15.2 Å². The molecule has 0 radical (unpaired) electrons. The number of halogens is 2. The standard InChI is InChI=1S/C21H19BrFN5O2S/c1-2-10-28-18(12-24-20(30)14-6-4-3-5-7-14)26-27-21(28)31-13-19(29)25-17-9-8-15(22)11-16(17)23/h2-9,11H,1,10,12-13H2,(H,24,30)(H,25,29). The van der Waals surface area contributed by atoms with Gasteiger partial charge in [-0.25, -0.2) is 4.39 Å². The van der Waals surface area contributed by atoms with Gasteiger partial charge in [0.05, 0.1) is 18.0 Å². The monoisotopic (exact) mass is 503 g/mol. The average molecular weight is 504 g/mol. The van der Waals surface area contributed by atoms with E-state index in [9.17, 15) is 14.0 Å². The van der Waals surface area contributed by atoms with Crippen LogP contribution in [0.25, 0.3) is 0 Å². The lowest BCUT2D eigenvalue weighted by molar-refractivity contribution is -0.113. The van der Waals surface area contributed by atoms with Gasteiger partial charge in [-0.1, -0.05) is 52.0 Å². The van der Waals surface area contributed by atoms with Gasteiger partial charge in [-0.3, -0.25) is 9.59 Å². The molecular formula is C21H19BrFN5O2S. The number of amides is 2. The fraction of sp³-hybridized carbons (Fsp3) is 0.143. The molecule has 2 N–H and O–H groups in total. The molecule has 10 heteroatoms. The molecule has 0 unspecified atom stereocenters. The van der Waals surface area contributed by atoms with E-state index >= 15 is 0 Å². The lowest BCUT2D eigenvalue weighted by Gasteiger charge is -2.09. The first-order valence-electron chi connectivity index (χ1n) is 9.22. The maximum atomic E-state index is 13.9. The number of anilines is 1. The van der Waals surface area contributed by atoms with Crippen LogP contribution in [0.4, 0.5) is 10.1 Å². The van der Waals surface area contributed by atoms with E-state index < -0.39 is 5.82 Å². The van der Waals surface area contributed by atoms with Crippen molar-refractivity contribution in [2.45, 2.75) is 18.2 Å². The van der Waals surface area contributed by atoms with Crippen LogP contribution in [0.5, 0.6) is 0 Å². The van der Waals surface area contributed by atoms with Crippen molar-refractivity contribution in [3.63, 3.8) is 0 Å². The van der Waals surface area contributed by atoms with Crippen molar-refractivity contribution in [2.24, 2.45) is 0 Å². The maximum absolute atomic E-state index is 13.9. The summed E-state index contributed by atoms with van der Waals surface area (Å²) < 4.78 is 16.2. The third kappa shape index (κ3) is 6.25. The highest BCUT2D eigenvalue weighted by molar-refractivity contribution is 9.10. The Morgan fingerprint density at radius 1 is 1.19 bits per heavy atom. The van der Waals surface area contributed by atoms with Crippen LogP contribution < -0.4 is 10.6 Å². The number of carbonyl (C=O) groups is 2. The summed E-state index contributed by atoms with van der Waals surface area (Å²) in [6.07, 6.45) is 1.67. The van der Waals surface area contributed by atoms with Gasteiger partial charge in [0.15, 0.2) is 11.0 Å². The molecule has 3 rings (SSSR count). The molecule has 0 saturated carbocycles. The van der Waals surface area contributed by atoms with Crippen molar-refractivity contribution in [2.75, 3.05) is 11.1 Å². The number of allylic oxidation sites excluding steroid dienone is 1. The Hall–Kier alpha value is -2.98. The normalized spacial score (nSPS) is 10.5. The molecule has 0 fully saturated rings. The van der Waals surface area contributed by atoms with E-state index in [1.807, 2.05) is 6.07 Å². The van der Waals surface area contributed by atoms with E-state index in [2.05, 4.69) is 43.3 Å². The minimum Gasteiger partial charge on any atom is -0.345 e. The summed E-state index contributed by atoms with van der Waals surface area (Å²) in [5, 5.41) is 14.1. The molecule has 0 aliphatic rings. The number of nitrogens with one attached hydrogen (secondary N) is 2. The van der Waals surface area contributed by atoms with Gasteiger partial charge in [0.25, 0.3) is 5.91 Å². The van der Waals surface area contributed by atoms with Gasteiger partial charge in [-0.05, 0) is 30.3 Å². The van der Waals surface area contributed by atoms with Crippen LogP contribution in [0.3, 0.4) is 0 Å². The van der Waals surface area contributed by atoms with Crippen molar-refractivity contribution < 1.29 is 14.0 Å². The largest absolute Gasteiger partial charge is 0.345 e. The van der Waals surface area contributed by atoms with Gasteiger partial charge in [-0.2, -0.15) is 0 Å². The van der Waals surface area contributed by atoms with Crippen molar-refractivity contribution >= 4 is 45.2 Å². The van der Waals surface area contributed by atoms with Crippen molar-refractivity contribution in [3.05, 3.63) is 82.9 Å². The Labute approximate surface area is 191 Å². The van der Waals surface area contributed by atoms with Gasteiger partial charge >= 0.3 is 0 Å². The second-order valence-electron chi connectivity index (χ2n) is 6.31. The summed E-state index contributed by atoms with van der Waals surface area (Å²) in [4.78, 5) is 24.5. The van der Waals surface area contributed by atoms with E-state index in [0.29, 0.717) is 27.6 Å². The number of rotatable bonds is 9. The second kappa shape index (κ2) is 10.9. The Morgan fingerprint density at radius 2 is 1.97 bits per heavy atom. The third-order valence-electron chi connectivity index (χ3n) is 4.09. The van der Waals surface area contributed by atoms with E-state index in [-0.39, 0.29) is 29.8 Å². The summed E-state index contributed by atoms with van der Waals surface area (Å²) in [5.74, 6) is -0.580. The lowest BCUT2D eigenvalue weighted by atomic mass is 10.2. The molecule has 0 bridgehead atoms. The zero-order chi connectivity index (χ0) is 22.2. The number of nitrogens with zero attached hydrogens (tertiary/aromatic N) is 3. The number of benzene rings is 2. The summed E-state index contributed by atoms with van der Waals surface area (Å²) in [5.41, 5.74) is 0.648. The molecule has 2 aromatic carbocycles. The molecule has 31 heavy (non-hydrogen) atoms. The molecule has 0 aliphatic heterocycles. The molecule has 0 aliphatic carbocycles. The molecule has 1 aromatic heterocycles. The first-order valence-corrected chi connectivity index (χ1v) is 11.0. The third-order valence-corrected chi connectivity index (χ3v) is 5.55. The highest BCUT2D eigenvalue weighted by Gasteiger charge is 2.15. The SMILES string of the molecule is C=CCn1c(CNC(=O)c2ccccc2)nnc1SCC(=O)Nc1ccc(Br)cc1F. The average Bonchev–Trinajstić information content (AvgIpc) is 3.15. The fourth-order valence-electron chi connectivity index (χ4n) is 2.63. The fourth-order valence-corrected chi connectivity index (χ4v) is 3.73. The number of hydrogen-bond donors (Lipinski definition) is 2. The summed E-state index contributed by atoms with van der Waals surface area (Å²) in [6, 6.07) is 13.3. The van der Waals surface area contributed by atoms with E-state index in [1.165, 1.54) is 12.1 Å². The first kappa shape index (κ1) is 22.7. The summed E-state index contributed by atoms with van der Waals surface area (Å²) in [7, 11) is 0. The lowest BCUT2D eigenvalue weighted by Crippen LogP contribution is -2.24. The Morgan fingerprint density at radius 3 is 2.68 bits per heavy atom. The molecule has 7 nitrogen and oxygen atoms in total. The summed E-state index contributed by atoms with van der Waals surface area (Å²) >= 11 is 4.33. The van der Waals surface area contributed by atoms with E-state index in [0.717, 1.165) is 11.8 Å². The van der Waals surface area contributed by atoms with Crippen molar-refractivity contribution in [1.82, 2.24) is 20.1 Å². The Kier molecular flexibility index (Phi) is 7.96. The second-order valence-corrected chi connectivity index (χ2v) is 8.17. The summed E-state index contributed by atoms with van der Waals surface area (Å²) in [6.45, 7) is 4.31. The Balaban J connectivity index is 1.61. The van der Waals surface area contributed by atoms with Crippen LogP contribution in [0.1, 0.15) is 16.2 Å². The van der Waals surface area contributed by atoms with Crippen LogP contribution in [0, 0.1) is 5.82 Å². The smallest absolute Gasteiger partial charge is 0.251 e. The van der Waals surface area contributed by atoms with E-state index in [4.69, 9.17) is 0 Å². The number of aromatic nitrogens is 3. The van der Waals surface area contributed by atoms with Crippen LogP contribution in [-0.4, -0.2) is 32.3 Å². The number of carbonyl (C=O) groups excluding carboxylic acids is 2. The number of thioether (sulfide) groups is 1. The zero-order valence-corrected chi connectivity index (χ0v) is 18.7. The van der Waals surface area contributed by atoms with E-state index in [1.54, 1.807) is 41.0 Å². The van der Waals surface area contributed by atoms with Crippen LogP contribution in [-0.2, 0) is 17.9 Å². The molecule has 1 heterocycles. The Bertz CT molecular complexity index is 1090. The van der Waals surface area contributed by atoms with Crippen LogP contribution >= 0.6 is 27.7 Å².